The van der Waals surface area contributed by atoms with Gasteiger partial charge in [-0.1, -0.05) is 0 Å². The summed E-state index contributed by atoms with van der Waals surface area (Å²) in [7, 11) is -2.10. The molecule has 0 aliphatic heterocycles. The maximum Gasteiger partial charge on any atom is 0.240 e. The fourth-order valence-corrected chi connectivity index (χ4v) is 2.82. The van der Waals surface area contributed by atoms with Crippen LogP contribution in [0.3, 0.4) is 0 Å². The van der Waals surface area contributed by atoms with Crippen molar-refractivity contribution in [3.8, 4) is 0 Å². The van der Waals surface area contributed by atoms with Gasteiger partial charge in [0.15, 0.2) is 0 Å². The third-order valence-corrected chi connectivity index (χ3v) is 4.71. The summed E-state index contributed by atoms with van der Waals surface area (Å²) < 4.78 is 25.5. The van der Waals surface area contributed by atoms with Crippen LogP contribution in [-0.4, -0.2) is 20.4 Å². The van der Waals surface area contributed by atoms with Gasteiger partial charge in [0.05, 0.1) is 22.8 Å². The van der Waals surface area contributed by atoms with E-state index in [2.05, 4.69) is 15.0 Å². The Morgan fingerprint density at radius 2 is 2.21 bits per heavy atom. The van der Waals surface area contributed by atoms with Gasteiger partial charge in [0.25, 0.3) is 0 Å². The number of nitrogens with zero attached hydrogens (tertiary/aromatic N) is 1. The van der Waals surface area contributed by atoms with Crippen molar-refractivity contribution in [3.05, 3.63) is 34.8 Å². The molecule has 6 nitrogen and oxygen atoms in total. The van der Waals surface area contributed by atoms with E-state index in [1.807, 2.05) is 5.38 Å². The van der Waals surface area contributed by atoms with Gasteiger partial charge in [0.2, 0.25) is 10.0 Å². The van der Waals surface area contributed by atoms with Gasteiger partial charge in [-0.15, -0.1) is 11.3 Å². The highest BCUT2D eigenvalue weighted by Gasteiger charge is 2.12. The minimum atomic E-state index is -3.46. The van der Waals surface area contributed by atoms with Crippen molar-refractivity contribution < 1.29 is 8.42 Å². The number of hydrogen-bond acceptors (Lipinski definition) is 6. The van der Waals surface area contributed by atoms with Gasteiger partial charge < -0.3 is 11.1 Å². The molecule has 19 heavy (non-hydrogen) atoms. The summed E-state index contributed by atoms with van der Waals surface area (Å²) in [6, 6.07) is 4.58. The highest BCUT2D eigenvalue weighted by atomic mass is 32.2. The van der Waals surface area contributed by atoms with Crippen molar-refractivity contribution in [2.24, 2.45) is 0 Å². The maximum atomic E-state index is 11.6. The van der Waals surface area contributed by atoms with Gasteiger partial charge in [0.1, 0.15) is 5.01 Å². The van der Waals surface area contributed by atoms with Gasteiger partial charge in [-0.05, 0) is 25.2 Å². The second-order valence-electron chi connectivity index (χ2n) is 3.74. The lowest BCUT2D eigenvalue weighted by molar-refractivity contribution is 0.588. The van der Waals surface area contributed by atoms with Gasteiger partial charge in [0, 0.05) is 11.6 Å². The molecule has 0 fully saturated rings. The van der Waals surface area contributed by atoms with Gasteiger partial charge in [-0.2, -0.15) is 0 Å². The average molecular weight is 298 g/mol. The molecule has 8 heteroatoms. The third-order valence-electron chi connectivity index (χ3n) is 2.52. The summed E-state index contributed by atoms with van der Waals surface area (Å²) in [5.41, 5.74) is 6.91. The summed E-state index contributed by atoms with van der Waals surface area (Å²) in [5.74, 6) is 0. The van der Waals surface area contributed by atoms with E-state index in [-0.39, 0.29) is 4.90 Å². The molecule has 0 aliphatic rings. The van der Waals surface area contributed by atoms with Crippen LogP contribution in [0, 0.1) is 0 Å². The van der Waals surface area contributed by atoms with E-state index in [0.717, 1.165) is 5.01 Å². The molecule has 1 aromatic carbocycles. The summed E-state index contributed by atoms with van der Waals surface area (Å²) in [4.78, 5) is 4.29. The van der Waals surface area contributed by atoms with E-state index >= 15 is 0 Å². The minimum Gasteiger partial charge on any atom is -0.397 e. The van der Waals surface area contributed by atoms with Crippen molar-refractivity contribution in [1.29, 1.82) is 0 Å². The van der Waals surface area contributed by atoms with Crippen LogP contribution in [0.4, 0.5) is 11.4 Å². The van der Waals surface area contributed by atoms with Crippen molar-refractivity contribution in [1.82, 2.24) is 9.71 Å². The number of benzene rings is 1. The Hall–Kier alpha value is -1.64. The maximum absolute atomic E-state index is 11.6. The molecule has 0 saturated carbocycles. The quantitative estimate of drug-likeness (QED) is 0.722. The number of nitrogens with two attached hydrogens (primary N) is 1. The number of nitrogen functional groups attached to an aromatic ring is 1. The van der Waals surface area contributed by atoms with E-state index in [9.17, 15) is 8.42 Å². The van der Waals surface area contributed by atoms with Crippen LogP contribution in [0.5, 0.6) is 0 Å². The summed E-state index contributed by atoms with van der Waals surface area (Å²) in [5, 5.41) is 5.95. The van der Waals surface area contributed by atoms with Crippen LogP contribution in [0.25, 0.3) is 0 Å². The SMILES string of the molecule is CNS(=O)(=O)c1ccc(NCc2nccs2)c(N)c1. The van der Waals surface area contributed by atoms with Crippen LogP contribution >= 0.6 is 11.3 Å². The molecule has 4 N–H and O–H groups in total. The molecule has 1 aromatic heterocycles. The molecule has 0 atom stereocenters. The zero-order valence-electron chi connectivity index (χ0n) is 10.3. The van der Waals surface area contributed by atoms with Crippen molar-refractivity contribution in [3.63, 3.8) is 0 Å². The van der Waals surface area contributed by atoms with Gasteiger partial charge in [-0.3, -0.25) is 0 Å². The first-order chi connectivity index (χ1) is 9.03. The summed E-state index contributed by atoms with van der Waals surface area (Å²) in [6.45, 7) is 0.556. The molecular formula is C11H14N4O2S2. The lowest BCUT2D eigenvalue weighted by atomic mass is 10.2. The molecule has 0 saturated heterocycles. The Morgan fingerprint density at radius 3 is 2.79 bits per heavy atom. The smallest absolute Gasteiger partial charge is 0.240 e. The molecule has 102 valence electrons. The van der Waals surface area contributed by atoms with E-state index in [1.54, 1.807) is 12.3 Å². The molecule has 0 bridgehead atoms. The second-order valence-corrected chi connectivity index (χ2v) is 6.60. The number of aromatic nitrogens is 1. The second kappa shape index (κ2) is 5.55. The van der Waals surface area contributed by atoms with Crippen LogP contribution in [0.1, 0.15) is 5.01 Å². The highest BCUT2D eigenvalue weighted by molar-refractivity contribution is 7.89. The van der Waals surface area contributed by atoms with Crippen LogP contribution in [0.15, 0.2) is 34.7 Å². The number of hydrogen-bond donors (Lipinski definition) is 3. The van der Waals surface area contributed by atoms with Crippen molar-refractivity contribution >= 4 is 32.7 Å². The molecular weight excluding hydrogens is 284 g/mol. The zero-order chi connectivity index (χ0) is 13.9. The Kier molecular flexibility index (Phi) is 4.03. The predicted octanol–water partition coefficient (Wildman–Crippen LogP) is 1.25. The molecule has 2 aromatic rings. The molecule has 0 radical (unpaired) electrons. The van der Waals surface area contributed by atoms with E-state index in [4.69, 9.17) is 5.73 Å². The number of rotatable bonds is 5. The standard InChI is InChI=1S/C11H14N4O2S2/c1-13-19(16,17)8-2-3-10(9(12)6-8)15-7-11-14-4-5-18-11/h2-6,13,15H,7,12H2,1H3. The Balaban J connectivity index is 2.16. The van der Waals surface area contributed by atoms with E-state index < -0.39 is 10.0 Å². The first-order valence-electron chi connectivity index (χ1n) is 5.48. The van der Waals surface area contributed by atoms with E-state index in [0.29, 0.717) is 17.9 Å². The Bertz CT molecular complexity index is 653. The topological polar surface area (TPSA) is 97.1 Å². The number of sulfonamides is 1. The van der Waals surface area contributed by atoms with Crippen LogP contribution in [-0.2, 0) is 16.6 Å². The third kappa shape index (κ3) is 3.22. The number of thiazole rings is 1. The monoisotopic (exact) mass is 298 g/mol. The number of nitrogens with one attached hydrogen (secondary N) is 2. The average Bonchev–Trinajstić information content (AvgIpc) is 2.90. The van der Waals surface area contributed by atoms with Gasteiger partial charge in [-0.25, -0.2) is 18.1 Å². The minimum absolute atomic E-state index is 0.146. The first-order valence-corrected chi connectivity index (χ1v) is 7.84. The fourth-order valence-electron chi connectivity index (χ4n) is 1.50. The van der Waals surface area contributed by atoms with Crippen molar-refractivity contribution in [2.45, 2.75) is 11.4 Å². The lowest BCUT2D eigenvalue weighted by Gasteiger charge is -2.10. The number of anilines is 2. The summed E-state index contributed by atoms with van der Waals surface area (Å²) in [6.07, 6.45) is 1.73. The van der Waals surface area contributed by atoms with E-state index in [1.165, 1.54) is 30.5 Å². The van der Waals surface area contributed by atoms with Crippen LogP contribution < -0.4 is 15.8 Å². The molecule has 0 aliphatic carbocycles. The normalized spacial score (nSPS) is 11.4. The molecule has 0 unspecified atom stereocenters. The summed E-state index contributed by atoms with van der Waals surface area (Å²) >= 11 is 1.54. The predicted molar refractivity (Wildman–Crippen MR) is 76.5 cm³/mol. The molecule has 2 rings (SSSR count). The zero-order valence-corrected chi connectivity index (χ0v) is 11.9. The van der Waals surface area contributed by atoms with Crippen LogP contribution in [0.2, 0.25) is 0 Å². The largest absolute Gasteiger partial charge is 0.397 e. The first kappa shape index (κ1) is 13.8. The molecule has 0 spiro atoms. The lowest BCUT2D eigenvalue weighted by Crippen LogP contribution is -2.18. The fraction of sp³-hybridized carbons (Fsp3) is 0.182. The Labute approximate surface area is 115 Å². The highest BCUT2D eigenvalue weighted by Crippen LogP contribution is 2.23. The Morgan fingerprint density at radius 1 is 1.42 bits per heavy atom. The molecule has 0 amide bonds. The van der Waals surface area contributed by atoms with Crippen molar-refractivity contribution in [2.75, 3.05) is 18.1 Å². The molecule has 1 heterocycles. The van der Waals surface area contributed by atoms with Gasteiger partial charge >= 0.3 is 0 Å².